The Bertz CT molecular complexity index is 915. The maximum absolute atomic E-state index is 12.1. The van der Waals surface area contributed by atoms with Gasteiger partial charge in [-0.15, -0.1) is 10.2 Å². The Hall–Kier alpha value is -2.78. The summed E-state index contributed by atoms with van der Waals surface area (Å²) in [4.78, 5) is 27.2. The van der Waals surface area contributed by atoms with Gasteiger partial charge in [-0.25, -0.2) is 9.78 Å². The lowest BCUT2D eigenvalue weighted by atomic mass is 10.2. The highest BCUT2D eigenvalue weighted by molar-refractivity contribution is 8.00. The average Bonchev–Trinajstić information content (AvgIpc) is 3.07. The van der Waals surface area contributed by atoms with Crippen molar-refractivity contribution in [2.45, 2.75) is 11.4 Å². The van der Waals surface area contributed by atoms with Gasteiger partial charge in [0.15, 0.2) is 0 Å². The Labute approximate surface area is 157 Å². The van der Waals surface area contributed by atoms with E-state index in [1.54, 1.807) is 6.07 Å². The lowest BCUT2D eigenvalue weighted by Gasteiger charge is -2.04. The van der Waals surface area contributed by atoms with Crippen molar-refractivity contribution < 1.29 is 14.7 Å². The first-order valence-corrected chi connectivity index (χ1v) is 9.39. The summed E-state index contributed by atoms with van der Waals surface area (Å²) in [7, 11) is 0. The lowest BCUT2D eigenvalue weighted by molar-refractivity contribution is -0.113. The molecule has 2 heterocycles. The SMILES string of the molecule is O=C(CSc1ncccc1C(=O)O)Nc1nnc(Cc2ccccc2)s1. The number of anilines is 1. The summed E-state index contributed by atoms with van der Waals surface area (Å²) in [6, 6.07) is 12.9. The number of rotatable bonds is 7. The standard InChI is InChI=1S/C17H14N4O3S2/c22-13(10-25-15-12(16(23)24)7-4-8-18-15)19-17-21-20-14(26-17)9-11-5-2-1-3-6-11/h1-8H,9-10H2,(H,23,24)(H,19,21,22). The third-order valence-electron chi connectivity index (χ3n) is 3.25. The molecule has 0 saturated heterocycles. The number of carbonyl (C=O) groups is 2. The average molecular weight is 386 g/mol. The second kappa shape index (κ2) is 8.54. The van der Waals surface area contributed by atoms with E-state index in [1.807, 2.05) is 30.3 Å². The molecule has 3 aromatic rings. The van der Waals surface area contributed by atoms with Crippen molar-refractivity contribution in [2.75, 3.05) is 11.1 Å². The number of pyridine rings is 1. The lowest BCUT2D eigenvalue weighted by Crippen LogP contribution is -2.14. The van der Waals surface area contributed by atoms with E-state index in [4.69, 9.17) is 5.11 Å². The van der Waals surface area contributed by atoms with Crippen molar-refractivity contribution in [2.24, 2.45) is 0 Å². The molecule has 0 unspecified atom stereocenters. The Balaban J connectivity index is 1.55. The molecule has 0 radical (unpaired) electrons. The Kier molecular flexibility index (Phi) is 5.92. The highest BCUT2D eigenvalue weighted by atomic mass is 32.2. The molecule has 9 heteroatoms. The molecular formula is C17H14N4O3S2. The van der Waals surface area contributed by atoms with E-state index in [1.165, 1.54) is 23.6 Å². The third kappa shape index (κ3) is 4.87. The predicted molar refractivity (Wildman–Crippen MR) is 99.7 cm³/mol. The molecule has 1 aromatic carbocycles. The highest BCUT2D eigenvalue weighted by Crippen LogP contribution is 2.22. The van der Waals surface area contributed by atoms with Crippen LogP contribution < -0.4 is 5.32 Å². The van der Waals surface area contributed by atoms with Crippen molar-refractivity contribution in [3.8, 4) is 0 Å². The van der Waals surface area contributed by atoms with Gasteiger partial charge in [0.25, 0.3) is 0 Å². The smallest absolute Gasteiger partial charge is 0.338 e. The minimum absolute atomic E-state index is 0.0326. The van der Waals surface area contributed by atoms with Crippen LogP contribution in [0.1, 0.15) is 20.9 Å². The van der Waals surface area contributed by atoms with Gasteiger partial charge in [-0.1, -0.05) is 53.4 Å². The van der Waals surface area contributed by atoms with Gasteiger partial charge in [0, 0.05) is 12.6 Å². The summed E-state index contributed by atoms with van der Waals surface area (Å²) in [5, 5.41) is 21.4. The molecule has 0 saturated carbocycles. The number of carboxylic acids is 1. The Morgan fingerprint density at radius 3 is 2.69 bits per heavy atom. The van der Waals surface area contributed by atoms with Crippen LogP contribution in [0.3, 0.4) is 0 Å². The fourth-order valence-corrected chi connectivity index (χ4v) is 3.68. The molecule has 0 fully saturated rings. The second-order valence-corrected chi connectivity index (χ2v) is 7.19. The van der Waals surface area contributed by atoms with E-state index in [0.29, 0.717) is 16.6 Å². The van der Waals surface area contributed by atoms with Crippen LogP contribution in [-0.4, -0.2) is 37.9 Å². The van der Waals surface area contributed by atoms with Crippen LogP contribution in [-0.2, 0) is 11.2 Å². The number of aromatic carboxylic acids is 1. The molecule has 0 aliphatic carbocycles. The molecule has 0 atom stereocenters. The van der Waals surface area contributed by atoms with Gasteiger partial charge in [0.05, 0.1) is 11.3 Å². The van der Waals surface area contributed by atoms with Crippen molar-refractivity contribution in [1.82, 2.24) is 15.2 Å². The number of thioether (sulfide) groups is 1. The summed E-state index contributed by atoms with van der Waals surface area (Å²) in [5.41, 5.74) is 1.19. The summed E-state index contributed by atoms with van der Waals surface area (Å²) < 4.78 is 0. The number of carbonyl (C=O) groups excluding carboxylic acids is 1. The van der Waals surface area contributed by atoms with Crippen LogP contribution in [0.4, 0.5) is 5.13 Å². The number of benzene rings is 1. The number of hydrogen-bond acceptors (Lipinski definition) is 7. The molecule has 0 bridgehead atoms. The minimum Gasteiger partial charge on any atom is -0.478 e. The van der Waals surface area contributed by atoms with Crippen LogP contribution in [0.2, 0.25) is 0 Å². The molecule has 26 heavy (non-hydrogen) atoms. The monoisotopic (exact) mass is 386 g/mol. The summed E-state index contributed by atoms with van der Waals surface area (Å²) in [5.74, 6) is -1.33. The van der Waals surface area contributed by atoms with Crippen molar-refractivity contribution in [3.05, 3.63) is 64.8 Å². The quantitative estimate of drug-likeness (QED) is 0.601. The summed E-state index contributed by atoms with van der Waals surface area (Å²) in [6.07, 6.45) is 2.15. The first-order valence-electron chi connectivity index (χ1n) is 7.59. The largest absolute Gasteiger partial charge is 0.478 e. The summed E-state index contributed by atoms with van der Waals surface area (Å²) >= 11 is 2.38. The van der Waals surface area contributed by atoms with Crippen LogP contribution in [0.15, 0.2) is 53.7 Å². The maximum Gasteiger partial charge on any atom is 0.338 e. The zero-order chi connectivity index (χ0) is 18.4. The topological polar surface area (TPSA) is 105 Å². The fraction of sp³-hybridized carbons (Fsp3) is 0.118. The molecular weight excluding hydrogens is 372 g/mol. The van der Waals surface area contributed by atoms with E-state index in [9.17, 15) is 9.59 Å². The number of nitrogens with one attached hydrogen (secondary N) is 1. The normalized spacial score (nSPS) is 10.5. The molecule has 1 amide bonds. The van der Waals surface area contributed by atoms with Gasteiger partial charge in [0.2, 0.25) is 11.0 Å². The maximum atomic E-state index is 12.1. The summed E-state index contributed by atoms with van der Waals surface area (Å²) in [6.45, 7) is 0. The van der Waals surface area contributed by atoms with Crippen molar-refractivity contribution >= 4 is 40.1 Å². The van der Waals surface area contributed by atoms with Crippen LogP contribution in [0.5, 0.6) is 0 Å². The molecule has 0 aliphatic rings. The molecule has 132 valence electrons. The molecule has 2 aromatic heterocycles. The van der Waals surface area contributed by atoms with Gasteiger partial charge < -0.3 is 5.11 Å². The number of nitrogens with zero attached hydrogens (tertiary/aromatic N) is 3. The fourth-order valence-electron chi connectivity index (χ4n) is 2.10. The van der Waals surface area contributed by atoms with E-state index < -0.39 is 5.97 Å². The van der Waals surface area contributed by atoms with E-state index in [0.717, 1.165) is 22.3 Å². The second-order valence-electron chi connectivity index (χ2n) is 5.16. The number of hydrogen-bond donors (Lipinski definition) is 2. The molecule has 0 spiro atoms. The van der Waals surface area contributed by atoms with Crippen LogP contribution >= 0.6 is 23.1 Å². The van der Waals surface area contributed by atoms with Crippen LogP contribution in [0.25, 0.3) is 0 Å². The number of amides is 1. The first kappa shape index (κ1) is 18.0. The van der Waals surface area contributed by atoms with Crippen molar-refractivity contribution in [1.29, 1.82) is 0 Å². The zero-order valence-corrected chi connectivity index (χ0v) is 15.1. The molecule has 7 nitrogen and oxygen atoms in total. The van der Waals surface area contributed by atoms with Gasteiger partial charge in [0.1, 0.15) is 10.0 Å². The molecule has 0 aliphatic heterocycles. The molecule has 2 N–H and O–H groups in total. The Morgan fingerprint density at radius 1 is 1.12 bits per heavy atom. The van der Waals surface area contributed by atoms with Crippen molar-refractivity contribution in [3.63, 3.8) is 0 Å². The van der Waals surface area contributed by atoms with E-state index in [-0.39, 0.29) is 17.2 Å². The van der Waals surface area contributed by atoms with E-state index in [2.05, 4.69) is 20.5 Å². The van der Waals surface area contributed by atoms with Gasteiger partial charge in [-0.05, 0) is 17.7 Å². The highest BCUT2D eigenvalue weighted by Gasteiger charge is 2.14. The van der Waals surface area contributed by atoms with Crippen LogP contribution in [0, 0.1) is 0 Å². The van der Waals surface area contributed by atoms with Gasteiger partial charge in [-0.3, -0.25) is 10.1 Å². The number of aromatic nitrogens is 3. The van der Waals surface area contributed by atoms with E-state index >= 15 is 0 Å². The van der Waals surface area contributed by atoms with Gasteiger partial charge >= 0.3 is 5.97 Å². The number of carboxylic acid groups (broad SMARTS) is 1. The first-order chi connectivity index (χ1) is 12.6. The molecule has 3 rings (SSSR count). The zero-order valence-electron chi connectivity index (χ0n) is 13.5. The third-order valence-corrected chi connectivity index (χ3v) is 5.10. The predicted octanol–water partition coefficient (Wildman–Crippen LogP) is 2.95. The Morgan fingerprint density at radius 2 is 1.92 bits per heavy atom. The van der Waals surface area contributed by atoms with Gasteiger partial charge in [-0.2, -0.15) is 0 Å². The minimum atomic E-state index is -1.07.